The molecule has 0 spiro atoms. The lowest BCUT2D eigenvalue weighted by Gasteiger charge is -2.04. The smallest absolute Gasteiger partial charge is 0.169 e. The predicted octanol–water partition coefficient (Wildman–Crippen LogP) is 2.62. The zero-order chi connectivity index (χ0) is 12.5. The molecule has 1 aromatic carbocycles. The number of hydrogen-bond acceptors (Lipinski definition) is 3. The van der Waals surface area contributed by atoms with Crippen molar-refractivity contribution in [3.8, 4) is 16.9 Å². The van der Waals surface area contributed by atoms with Crippen molar-refractivity contribution in [2.24, 2.45) is 0 Å². The van der Waals surface area contributed by atoms with Crippen LogP contribution in [0.25, 0.3) is 16.9 Å². The summed E-state index contributed by atoms with van der Waals surface area (Å²) in [5, 5.41) is 15.5. The van der Waals surface area contributed by atoms with Crippen LogP contribution in [-0.4, -0.2) is 25.0 Å². The largest absolute Gasteiger partial charge is 0.280 e. The predicted molar refractivity (Wildman–Crippen MR) is 68.7 cm³/mol. The summed E-state index contributed by atoms with van der Waals surface area (Å²) in [7, 11) is 0. The molecule has 1 N–H and O–H groups in total. The molecule has 0 saturated heterocycles. The topological polar surface area (TPSA) is 59.4 Å². The van der Waals surface area contributed by atoms with Crippen molar-refractivity contribution >= 4 is 11.6 Å². The molecule has 90 valence electrons. The van der Waals surface area contributed by atoms with E-state index in [1.54, 1.807) is 17.2 Å². The number of rotatable bonds is 2. The monoisotopic (exact) mass is 259 g/mol. The lowest BCUT2D eigenvalue weighted by molar-refractivity contribution is 0.946. The SMILES string of the molecule is Cc1[nH]nc(-n2cnnc2)c1-c1cccc(Cl)c1. The Bertz CT molecular complexity index is 672. The maximum absolute atomic E-state index is 6.03. The quantitative estimate of drug-likeness (QED) is 0.770. The average Bonchev–Trinajstić information content (AvgIpc) is 2.97. The van der Waals surface area contributed by atoms with Crippen molar-refractivity contribution in [2.75, 3.05) is 0 Å². The molecule has 3 aromatic rings. The fourth-order valence-electron chi connectivity index (χ4n) is 1.90. The minimum Gasteiger partial charge on any atom is -0.280 e. The number of benzene rings is 1. The third kappa shape index (κ3) is 1.78. The summed E-state index contributed by atoms with van der Waals surface area (Å²) in [6, 6.07) is 7.67. The Morgan fingerprint density at radius 3 is 2.72 bits per heavy atom. The van der Waals surface area contributed by atoms with Gasteiger partial charge >= 0.3 is 0 Å². The molecule has 6 heteroatoms. The van der Waals surface area contributed by atoms with Gasteiger partial charge in [-0.15, -0.1) is 10.2 Å². The maximum Gasteiger partial charge on any atom is 0.169 e. The zero-order valence-electron chi connectivity index (χ0n) is 9.63. The number of aryl methyl sites for hydroxylation is 1. The van der Waals surface area contributed by atoms with Crippen LogP contribution in [0.15, 0.2) is 36.9 Å². The van der Waals surface area contributed by atoms with E-state index in [-0.39, 0.29) is 0 Å². The van der Waals surface area contributed by atoms with Crippen molar-refractivity contribution in [2.45, 2.75) is 6.92 Å². The number of nitrogens with zero attached hydrogens (tertiary/aromatic N) is 4. The van der Waals surface area contributed by atoms with E-state index in [1.807, 2.05) is 31.2 Å². The van der Waals surface area contributed by atoms with Crippen LogP contribution in [0.4, 0.5) is 0 Å². The van der Waals surface area contributed by atoms with Gasteiger partial charge in [0.2, 0.25) is 0 Å². The highest BCUT2D eigenvalue weighted by molar-refractivity contribution is 6.30. The first-order valence-corrected chi connectivity index (χ1v) is 5.79. The Kier molecular flexibility index (Phi) is 2.60. The highest BCUT2D eigenvalue weighted by atomic mass is 35.5. The summed E-state index contributed by atoms with van der Waals surface area (Å²) in [6.45, 7) is 1.97. The Morgan fingerprint density at radius 1 is 1.22 bits per heavy atom. The van der Waals surface area contributed by atoms with Crippen molar-refractivity contribution in [3.05, 3.63) is 47.6 Å². The van der Waals surface area contributed by atoms with Gasteiger partial charge in [0.25, 0.3) is 0 Å². The van der Waals surface area contributed by atoms with Gasteiger partial charge in [-0.05, 0) is 24.6 Å². The lowest BCUT2D eigenvalue weighted by Crippen LogP contribution is -1.93. The van der Waals surface area contributed by atoms with Crippen LogP contribution in [0.5, 0.6) is 0 Å². The Labute approximate surface area is 108 Å². The van der Waals surface area contributed by atoms with E-state index in [1.165, 1.54) is 0 Å². The molecule has 0 amide bonds. The molecule has 5 nitrogen and oxygen atoms in total. The van der Waals surface area contributed by atoms with Crippen molar-refractivity contribution in [1.29, 1.82) is 0 Å². The third-order valence-electron chi connectivity index (χ3n) is 2.70. The number of halogens is 1. The van der Waals surface area contributed by atoms with Gasteiger partial charge in [-0.25, -0.2) is 0 Å². The molecular weight excluding hydrogens is 250 g/mol. The second-order valence-electron chi connectivity index (χ2n) is 3.93. The van der Waals surface area contributed by atoms with E-state index < -0.39 is 0 Å². The molecule has 0 radical (unpaired) electrons. The van der Waals surface area contributed by atoms with Gasteiger partial charge in [0.15, 0.2) is 5.82 Å². The molecule has 0 aliphatic carbocycles. The van der Waals surface area contributed by atoms with E-state index in [4.69, 9.17) is 11.6 Å². The second-order valence-corrected chi connectivity index (χ2v) is 4.36. The molecule has 18 heavy (non-hydrogen) atoms. The minimum atomic E-state index is 0.697. The summed E-state index contributed by atoms with van der Waals surface area (Å²) in [5.74, 6) is 0.764. The first-order chi connectivity index (χ1) is 8.75. The highest BCUT2D eigenvalue weighted by Gasteiger charge is 2.14. The fourth-order valence-corrected chi connectivity index (χ4v) is 2.09. The van der Waals surface area contributed by atoms with Crippen LogP contribution in [0.2, 0.25) is 5.02 Å². The van der Waals surface area contributed by atoms with Crippen LogP contribution < -0.4 is 0 Å². The summed E-state index contributed by atoms with van der Waals surface area (Å²) < 4.78 is 1.76. The molecule has 0 saturated carbocycles. The maximum atomic E-state index is 6.03. The number of aromatic nitrogens is 5. The summed E-state index contributed by atoms with van der Waals surface area (Å²) in [6.07, 6.45) is 3.23. The minimum absolute atomic E-state index is 0.697. The van der Waals surface area contributed by atoms with Gasteiger partial charge in [0, 0.05) is 16.3 Å². The van der Waals surface area contributed by atoms with Gasteiger partial charge in [-0.2, -0.15) is 5.10 Å². The van der Waals surface area contributed by atoms with Gasteiger partial charge in [-0.3, -0.25) is 9.67 Å². The van der Waals surface area contributed by atoms with Crippen molar-refractivity contribution in [1.82, 2.24) is 25.0 Å². The first-order valence-electron chi connectivity index (χ1n) is 5.41. The Hall–Kier alpha value is -2.14. The number of aromatic amines is 1. The van der Waals surface area contributed by atoms with Crippen LogP contribution in [-0.2, 0) is 0 Å². The first kappa shape index (κ1) is 11.0. The molecule has 0 fully saturated rings. The third-order valence-corrected chi connectivity index (χ3v) is 2.94. The number of nitrogens with one attached hydrogen (secondary N) is 1. The molecule has 0 bridgehead atoms. The summed E-state index contributed by atoms with van der Waals surface area (Å²) in [5.41, 5.74) is 2.98. The summed E-state index contributed by atoms with van der Waals surface area (Å²) >= 11 is 6.03. The molecule has 0 unspecified atom stereocenters. The summed E-state index contributed by atoms with van der Waals surface area (Å²) in [4.78, 5) is 0. The standard InChI is InChI=1S/C12H10ClN5/c1-8-11(9-3-2-4-10(13)5-9)12(17-16-8)18-6-14-15-7-18/h2-7H,1H3,(H,16,17). The van der Waals surface area contributed by atoms with E-state index in [9.17, 15) is 0 Å². The molecule has 2 aromatic heterocycles. The van der Waals surface area contributed by atoms with Crippen LogP contribution in [0.3, 0.4) is 0 Å². The number of hydrogen-bond donors (Lipinski definition) is 1. The Morgan fingerprint density at radius 2 is 2.00 bits per heavy atom. The molecule has 2 heterocycles. The normalized spacial score (nSPS) is 10.8. The molecule has 0 atom stereocenters. The van der Waals surface area contributed by atoms with Gasteiger partial charge in [-0.1, -0.05) is 23.7 Å². The van der Waals surface area contributed by atoms with Gasteiger partial charge < -0.3 is 0 Å². The second kappa shape index (κ2) is 4.27. The Balaban J connectivity index is 2.20. The van der Waals surface area contributed by atoms with Crippen molar-refractivity contribution in [3.63, 3.8) is 0 Å². The van der Waals surface area contributed by atoms with Gasteiger partial charge in [0.05, 0.1) is 0 Å². The average molecular weight is 260 g/mol. The van der Waals surface area contributed by atoms with Crippen LogP contribution in [0.1, 0.15) is 5.69 Å². The van der Waals surface area contributed by atoms with Crippen molar-refractivity contribution < 1.29 is 0 Å². The number of H-pyrrole nitrogens is 1. The molecular formula is C12H10ClN5. The zero-order valence-corrected chi connectivity index (χ0v) is 10.4. The van der Waals surface area contributed by atoms with Gasteiger partial charge in [0.1, 0.15) is 12.7 Å². The lowest BCUT2D eigenvalue weighted by atomic mass is 10.1. The fraction of sp³-hybridized carbons (Fsp3) is 0.0833. The highest BCUT2D eigenvalue weighted by Crippen LogP contribution is 2.29. The molecule has 3 rings (SSSR count). The molecule has 0 aliphatic rings. The van der Waals surface area contributed by atoms with E-state index in [0.717, 1.165) is 22.6 Å². The van der Waals surface area contributed by atoms with E-state index >= 15 is 0 Å². The van der Waals surface area contributed by atoms with Crippen LogP contribution in [0, 0.1) is 6.92 Å². The van der Waals surface area contributed by atoms with E-state index in [0.29, 0.717) is 5.02 Å². The van der Waals surface area contributed by atoms with Crippen LogP contribution >= 0.6 is 11.6 Å². The molecule has 0 aliphatic heterocycles. The van der Waals surface area contributed by atoms with E-state index in [2.05, 4.69) is 20.4 Å².